The smallest absolute Gasteiger partial charge is 0.310 e. The highest BCUT2D eigenvalue weighted by Gasteiger charge is 2.21. The van der Waals surface area contributed by atoms with Crippen LogP contribution in [0.25, 0.3) is 22.6 Å². The number of nitrogen functional groups attached to an aromatic ring is 1. The van der Waals surface area contributed by atoms with Crippen molar-refractivity contribution in [2.75, 3.05) is 0 Å². The van der Waals surface area contributed by atoms with Crippen molar-refractivity contribution in [2.45, 2.75) is 18.8 Å². The predicted molar refractivity (Wildman–Crippen MR) is 112 cm³/mol. The second-order valence-electron chi connectivity index (χ2n) is 7.00. The number of carboxylic acids is 2. The van der Waals surface area contributed by atoms with Crippen LogP contribution in [-0.4, -0.2) is 37.5 Å². The van der Waals surface area contributed by atoms with Crippen LogP contribution in [0.5, 0.6) is 0 Å². The molecule has 8 heteroatoms. The SMILES string of the molecule is Cn1cc(-c2ccc(C(=N)N)cc2)nc1-c1ccc(C(CCC(=O)O)C(=O)O)cc1. The van der Waals surface area contributed by atoms with Crippen molar-refractivity contribution < 1.29 is 19.8 Å². The zero-order valence-corrected chi connectivity index (χ0v) is 16.4. The lowest BCUT2D eigenvalue weighted by Crippen LogP contribution is -2.13. The van der Waals surface area contributed by atoms with Gasteiger partial charge in [0.1, 0.15) is 11.7 Å². The van der Waals surface area contributed by atoms with E-state index in [0.717, 1.165) is 16.8 Å². The van der Waals surface area contributed by atoms with Gasteiger partial charge in [0.05, 0.1) is 11.6 Å². The quantitative estimate of drug-likeness (QED) is 0.334. The molecule has 154 valence electrons. The van der Waals surface area contributed by atoms with Crippen molar-refractivity contribution in [3.63, 3.8) is 0 Å². The monoisotopic (exact) mass is 406 g/mol. The van der Waals surface area contributed by atoms with E-state index in [9.17, 15) is 14.7 Å². The summed E-state index contributed by atoms with van der Waals surface area (Å²) < 4.78 is 1.88. The van der Waals surface area contributed by atoms with Gasteiger partial charge < -0.3 is 20.5 Å². The molecule has 1 aromatic heterocycles. The summed E-state index contributed by atoms with van der Waals surface area (Å²) in [4.78, 5) is 27.0. The number of nitrogens with one attached hydrogen (secondary N) is 1. The molecular weight excluding hydrogens is 384 g/mol. The van der Waals surface area contributed by atoms with Gasteiger partial charge in [-0.2, -0.15) is 0 Å². The van der Waals surface area contributed by atoms with Gasteiger partial charge in [0.2, 0.25) is 0 Å². The fraction of sp³-hybridized carbons (Fsp3) is 0.182. The molecule has 2 aromatic carbocycles. The average Bonchev–Trinajstić information content (AvgIpc) is 3.10. The third kappa shape index (κ3) is 4.54. The van der Waals surface area contributed by atoms with Crippen molar-refractivity contribution in [2.24, 2.45) is 12.8 Å². The highest BCUT2D eigenvalue weighted by Crippen LogP contribution is 2.27. The first-order valence-electron chi connectivity index (χ1n) is 9.29. The van der Waals surface area contributed by atoms with Crippen LogP contribution in [0.2, 0.25) is 0 Å². The Labute approximate surface area is 173 Å². The molecule has 1 heterocycles. The molecule has 1 unspecified atom stereocenters. The summed E-state index contributed by atoms with van der Waals surface area (Å²) in [6.45, 7) is 0. The molecule has 3 rings (SSSR count). The van der Waals surface area contributed by atoms with Crippen LogP contribution in [0.3, 0.4) is 0 Å². The van der Waals surface area contributed by atoms with Crippen LogP contribution in [-0.2, 0) is 16.6 Å². The number of aromatic nitrogens is 2. The number of aryl methyl sites for hydroxylation is 1. The Morgan fingerprint density at radius 1 is 1.07 bits per heavy atom. The summed E-state index contributed by atoms with van der Waals surface area (Å²) >= 11 is 0. The molecule has 5 N–H and O–H groups in total. The Kier molecular flexibility index (Phi) is 5.96. The molecule has 30 heavy (non-hydrogen) atoms. The minimum Gasteiger partial charge on any atom is -0.481 e. The maximum Gasteiger partial charge on any atom is 0.310 e. The first-order chi connectivity index (χ1) is 14.3. The van der Waals surface area contributed by atoms with Crippen molar-refractivity contribution in [1.82, 2.24) is 9.55 Å². The number of nitrogens with zero attached hydrogens (tertiary/aromatic N) is 2. The van der Waals surface area contributed by atoms with E-state index in [-0.39, 0.29) is 18.7 Å². The number of benzene rings is 2. The molecule has 8 nitrogen and oxygen atoms in total. The highest BCUT2D eigenvalue weighted by molar-refractivity contribution is 5.95. The number of rotatable bonds is 8. The summed E-state index contributed by atoms with van der Waals surface area (Å²) in [6.07, 6.45) is 1.72. The number of carboxylic acid groups (broad SMARTS) is 2. The first-order valence-corrected chi connectivity index (χ1v) is 9.29. The average molecular weight is 406 g/mol. The third-order valence-corrected chi connectivity index (χ3v) is 4.88. The van der Waals surface area contributed by atoms with Crippen molar-refractivity contribution in [3.05, 3.63) is 65.9 Å². The van der Waals surface area contributed by atoms with Crippen molar-refractivity contribution in [1.29, 1.82) is 5.41 Å². The summed E-state index contributed by atoms with van der Waals surface area (Å²) in [5, 5.41) is 25.7. The maximum atomic E-state index is 11.5. The Hall–Kier alpha value is -3.94. The molecule has 0 aliphatic rings. The Balaban J connectivity index is 1.85. The lowest BCUT2D eigenvalue weighted by molar-refractivity contribution is -0.140. The van der Waals surface area contributed by atoms with Crippen molar-refractivity contribution in [3.8, 4) is 22.6 Å². The van der Waals surface area contributed by atoms with E-state index >= 15 is 0 Å². The summed E-state index contributed by atoms with van der Waals surface area (Å²) in [6, 6.07) is 14.2. The van der Waals surface area contributed by atoms with Gasteiger partial charge in [-0.05, 0) is 12.0 Å². The molecule has 1 atom stereocenters. The van der Waals surface area contributed by atoms with E-state index in [2.05, 4.69) is 4.98 Å². The van der Waals surface area contributed by atoms with Gasteiger partial charge in [-0.25, -0.2) is 4.98 Å². The zero-order chi connectivity index (χ0) is 21.8. The molecule has 0 fully saturated rings. The standard InChI is InChI=1S/C22H22N4O4/c1-26-12-18(14-4-6-15(7-5-14)20(23)24)25-21(26)16-8-2-13(3-9-16)17(22(29)30)10-11-19(27)28/h2-9,12,17H,10-11H2,1H3,(H3,23,24)(H,27,28)(H,29,30). The zero-order valence-electron chi connectivity index (χ0n) is 16.4. The highest BCUT2D eigenvalue weighted by atomic mass is 16.4. The predicted octanol–water partition coefficient (Wildman–Crippen LogP) is 3.07. The first kappa shape index (κ1) is 20.8. The molecule has 0 saturated heterocycles. The van der Waals surface area contributed by atoms with Gasteiger partial charge in [0.15, 0.2) is 0 Å². The molecule has 0 amide bonds. The van der Waals surface area contributed by atoms with E-state index in [1.807, 2.05) is 29.9 Å². The molecule has 3 aromatic rings. The molecular formula is C22H22N4O4. The largest absolute Gasteiger partial charge is 0.481 e. The number of imidazole rings is 1. The second-order valence-corrected chi connectivity index (χ2v) is 7.00. The molecule has 0 bridgehead atoms. The molecule has 0 aliphatic heterocycles. The second kappa shape index (κ2) is 8.60. The van der Waals surface area contributed by atoms with Crippen molar-refractivity contribution >= 4 is 17.8 Å². The van der Waals surface area contributed by atoms with Gasteiger partial charge in [-0.3, -0.25) is 15.0 Å². The molecule has 0 radical (unpaired) electrons. The topological polar surface area (TPSA) is 142 Å². The normalized spacial score (nSPS) is 11.8. The van der Waals surface area contributed by atoms with Gasteiger partial charge in [0, 0.05) is 36.4 Å². The molecule has 0 saturated carbocycles. The van der Waals surface area contributed by atoms with Crippen LogP contribution in [0, 0.1) is 5.41 Å². The van der Waals surface area contributed by atoms with E-state index in [0.29, 0.717) is 17.0 Å². The lowest BCUT2D eigenvalue weighted by atomic mass is 9.93. The van der Waals surface area contributed by atoms with Crippen LogP contribution >= 0.6 is 0 Å². The number of carbonyl (C=O) groups is 2. The Bertz CT molecular complexity index is 1090. The van der Waals surface area contributed by atoms with Crippen LogP contribution in [0.4, 0.5) is 0 Å². The van der Waals surface area contributed by atoms with Gasteiger partial charge >= 0.3 is 11.9 Å². The number of hydrogen-bond acceptors (Lipinski definition) is 4. The van der Waals surface area contributed by atoms with E-state index < -0.39 is 17.9 Å². The van der Waals surface area contributed by atoms with Gasteiger partial charge in [-0.15, -0.1) is 0 Å². The van der Waals surface area contributed by atoms with E-state index in [1.54, 1.807) is 36.4 Å². The number of nitrogens with two attached hydrogens (primary N) is 1. The van der Waals surface area contributed by atoms with E-state index in [1.165, 1.54) is 0 Å². The summed E-state index contributed by atoms with van der Waals surface area (Å²) in [5.74, 6) is -2.21. The van der Waals surface area contributed by atoms with Gasteiger partial charge in [0.25, 0.3) is 0 Å². The molecule has 0 spiro atoms. The minimum atomic E-state index is -1.04. The lowest BCUT2D eigenvalue weighted by Gasteiger charge is -2.12. The minimum absolute atomic E-state index is 0.00590. The Morgan fingerprint density at radius 3 is 2.20 bits per heavy atom. The van der Waals surface area contributed by atoms with E-state index in [4.69, 9.17) is 16.2 Å². The van der Waals surface area contributed by atoms with Crippen LogP contribution < -0.4 is 5.73 Å². The Morgan fingerprint density at radius 2 is 1.67 bits per heavy atom. The van der Waals surface area contributed by atoms with Crippen LogP contribution in [0.1, 0.15) is 29.9 Å². The fourth-order valence-electron chi connectivity index (χ4n) is 3.26. The third-order valence-electron chi connectivity index (χ3n) is 4.88. The molecule has 0 aliphatic carbocycles. The summed E-state index contributed by atoms with van der Waals surface area (Å²) in [7, 11) is 1.87. The number of aliphatic carboxylic acids is 2. The van der Waals surface area contributed by atoms with Gasteiger partial charge in [-0.1, -0.05) is 48.5 Å². The van der Waals surface area contributed by atoms with Crippen LogP contribution in [0.15, 0.2) is 54.7 Å². The number of hydrogen-bond donors (Lipinski definition) is 4. The fourth-order valence-corrected chi connectivity index (χ4v) is 3.26. The number of amidine groups is 1. The maximum absolute atomic E-state index is 11.5. The summed E-state index contributed by atoms with van der Waals surface area (Å²) in [5.41, 5.74) is 9.15.